The van der Waals surface area contributed by atoms with E-state index in [0.29, 0.717) is 13.2 Å². The van der Waals surface area contributed by atoms with Gasteiger partial charge in [-0.1, -0.05) is 42.5 Å². The molecule has 1 aromatic carbocycles. The van der Waals surface area contributed by atoms with Crippen molar-refractivity contribution in [1.82, 2.24) is 0 Å². The van der Waals surface area contributed by atoms with Gasteiger partial charge in [-0.25, -0.2) is 0 Å². The minimum atomic E-state index is -0.647. The van der Waals surface area contributed by atoms with Gasteiger partial charge < -0.3 is 23.7 Å². The molecule has 2 saturated heterocycles. The van der Waals surface area contributed by atoms with Crippen LogP contribution >= 0.6 is 0 Å². The highest BCUT2D eigenvalue weighted by Gasteiger charge is 2.62. The van der Waals surface area contributed by atoms with Crippen LogP contribution in [0.2, 0.25) is 0 Å². The third kappa shape index (κ3) is 2.91. The Labute approximate surface area is 142 Å². The zero-order valence-electron chi connectivity index (χ0n) is 14.3. The fraction of sp³-hybridized carbons (Fsp3) is 0.579. The SMILES string of the molecule is CC1(C)O[C@H]2O[C@@H]3C=C[C@@H](OCc4ccccc4)CO[C@@]3(C)[C@H]2O1. The van der Waals surface area contributed by atoms with Crippen LogP contribution in [-0.4, -0.2) is 42.6 Å². The van der Waals surface area contributed by atoms with Crippen LogP contribution in [0.15, 0.2) is 42.5 Å². The summed E-state index contributed by atoms with van der Waals surface area (Å²) < 4.78 is 30.0. The Balaban J connectivity index is 1.42. The van der Waals surface area contributed by atoms with Gasteiger partial charge in [0, 0.05) is 0 Å². The zero-order chi connectivity index (χ0) is 16.8. The highest BCUT2D eigenvalue weighted by molar-refractivity contribution is 5.16. The van der Waals surface area contributed by atoms with E-state index in [9.17, 15) is 0 Å². The summed E-state index contributed by atoms with van der Waals surface area (Å²) in [5.74, 6) is -0.647. The van der Waals surface area contributed by atoms with Gasteiger partial charge in [0.2, 0.25) is 0 Å². The first-order chi connectivity index (χ1) is 11.5. The van der Waals surface area contributed by atoms with Gasteiger partial charge in [-0.3, -0.25) is 0 Å². The first-order valence-electron chi connectivity index (χ1n) is 8.45. The van der Waals surface area contributed by atoms with Gasteiger partial charge in [0.15, 0.2) is 12.1 Å². The molecule has 4 rings (SSSR count). The maximum atomic E-state index is 6.21. The lowest BCUT2D eigenvalue weighted by molar-refractivity contribution is -0.227. The molecule has 0 aliphatic carbocycles. The molecule has 1 aromatic rings. The summed E-state index contributed by atoms with van der Waals surface area (Å²) in [6.45, 7) is 6.83. The standard InChI is InChI=1S/C19H24O5/c1-18(2)23-16-17(24-18)22-15-10-9-14(12-21-19(15,16)3)20-11-13-7-5-4-6-8-13/h4-10,14-17H,11-12H2,1-3H3/t14-,15-,16+,17-,19-/m1/s1. The molecule has 5 nitrogen and oxygen atoms in total. The van der Waals surface area contributed by atoms with Crippen molar-refractivity contribution in [3.63, 3.8) is 0 Å². The summed E-state index contributed by atoms with van der Waals surface area (Å²) in [4.78, 5) is 0. The molecule has 0 N–H and O–H groups in total. The molecular weight excluding hydrogens is 308 g/mol. The quantitative estimate of drug-likeness (QED) is 0.797. The molecule has 3 aliphatic rings. The van der Waals surface area contributed by atoms with E-state index in [1.54, 1.807) is 0 Å². The molecular formula is C19H24O5. The first-order valence-corrected chi connectivity index (χ1v) is 8.45. The monoisotopic (exact) mass is 332 g/mol. The summed E-state index contributed by atoms with van der Waals surface area (Å²) >= 11 is 0. The van der Waals surface area contributed by atoms with Crippen LogP contribution in [0.1, 0.15) is 26.3 Å². The number of fused-ring (bicyclic) bond motifs is 3. The summed E-state index contributed by atoms with van der Waals surface area (Å²) in [6, 6.07) is 10.1. The molecule has 130 valence electrons. The predicted molar refractivity (Wildman–Crippen MR) is 87.2 cm³/mol. The fourth-order valence-corrected chi connectivity index (χ4v) is 3.48. The topological polar surface area (TPSA) is 46.2 Å². The molecule has 0 aromatic heterocycles. The summed E-state index contributed by atoms with van der Waals surface area (Å²) in [6.07, 6.45) is 3.10. The van der Waals surface area contributed by atoms with E-state index < -0.39 is 11.4 Å². The highest BCUT2D eigenvalue weighted by atomic mass is 16.8. The van der Waals surface area contributed by atoms with Gasteiger partial charge in [-0.2, -0.15) is 0 Å². The summed E-state index contributed by atoms with van der Waals surface area (Å²) in [5.41, 5.74) is 0.576. The van der Waals surface area contributed by atoms with Gasteiger partial charge in [0.25, 0.3) is 0 Å². The van der Waals surface area contributed by atoms with Crippen molar-refractivity contribution >= 4 is 0 Å². The van der Waals surface area contributed by atoms with E-state index in [1.165, 1.54) is 0 Å². The normalized spacial score (nSPS) is 40.1. The van der Waals surface area contributed by atoms with Crippen LogP contribution in [0.25, 0.3) is 0 Å². The third-order valence-corrected chi connectivity index (χ3v) is 4.83. The maximum absolute atomic E-state index is 6.21. The van der Waals surface area contributed by atoms with Crippen LogP contribution in [0.3, 0.4) is 0 Å². The second-order valence-electron chi connectivity index (χ2n) is 7.20. The van der Waals surface area contributed by atoms with E-state index in [1.807, 2.05) is 51.1 Å². The molecule has 0 radical (unpaired) electrons. The Morgan fingerprint density at radius 1 is 1.08 bits per heavy atom. The van der Waals surface area contributed by atoms with Crippen molar-refractivity contribution in [2.75, 3.05) is 6.61 Å². The molecule has 0 unspecified atom stereocenters. The summed E-state index contributed by atoms with van der Waals surface area (Å²) in [5, 5.41) is 0. The molecule has 5 heteroatoms. The average Bonchev–Trinajstić information content (AvgIpc) is 2.92. The minimum Gasteiger partial charge on any atom is -0.367 e. The third-order valence-electron chi connectivity index (χ3n) is 4.83. The summed E-state index contributed by atoms with van der Waals surface area (Å²) in [7, 11) is 0. The smallest absolute Gasteiger partial charge is 0.190 e. The molecule has 2 fully saturated rings. The number of hydrogen-bond donors (Lipinski definition) is 0. The Hall–Kier alpha value is -1.24. The maximum Gasteiger partial charge on any atom is 0.190 e. The van der Waals surface area contributed by atoms with E-state index in [-0.39, 0.29) is 24.6 Å². The van der Waals surface area contributed by atoms with Crippen molar-refractivity contribution < 1.29 is 23.7 Å². The van der Waals surface area contributed by atoms with Crippen molar-refractivity contribution in [2.24, 2.45) is 0 Å². The Morgan fingerprint density at radius 2 is 1.88 bits per heavy atom. The predicted octanol–water partition coefficient (Wildman–Crippen LogP) is 2.79. The van der Waals surface area contributed by atoms with Crippen LogP contribution in [0.4, 0.5) is 0 Å². The molecule has 0 bridgehead atoms. The van der Waals surface area contributed by atoms with E-state index in [2.05, 4.69) is 12.1 Å². The molecule has 3 aliphatic heterocycles. The van der Waals surface area contributed by atoms with Crippen molar-refractivity contribution in [3.8, 4) is 0 Å². The van der Waals surface area contributed by atoms with Crippen LogP contribution in [0, 0.1) is 0 Å². The molecule has 0 amide bonds. The number of benzene rings is 1. The molecule has 5 atom stereocenters. The van der Waals surface area contributed by atoms with Crippen molar-refractivity contribution in [3.05, 3.63) is 48.0 Å². The van der Waals surface area contributed by atoms with Gasteiger partial charge in [-0.05, 0) is 26.3 Å². The fourth-order valence-electron chi connectivity index (χ4n) is 3.48. The number of hydrogen-bond acceptors (Lipinski definition) is 5. The highest BCUT2D eigenvalue weighted by Crippen LogP contribution is 2.46. The lowest BCUT2D eigenvalue weighted by Crippen LogP contribution is -2.48. The lowest BCUT2D eigenvalue weighted by Gasteiger charge is -2.33. The van der Waals surface area contributed by atoms with Crippen LogP contribution < -0.4 is 0 Å². The van der Waals surface area contributed by atoms with E-state index >= 15 is 0 Å². The second kappa shape index (κ2) is 5.93. The van der Waals surface area contributed by atoms with Gasteiger partial charge >= 0.3 is 0 Å². The van der Waals surface area contributed by atoms with Crippen LogP contribution in [0.5, 0.6) is 0 Å². The van der Waals surface area contributed by atoms with E-state index in [0.717, 1.165) is 5.56 Å². The molecule has 24 heavy (non-hydrogen) atoms. The average molecular weight is 332 g/mol. The second-order valence-corrected chi connectivity index (χ2v) is 7.20. The van der Waals surface area contributed by atoms with E-state index in [4.69, 9.17) is 23.7 Å². The Morgan fingerprint density at radius 3 is 2.67 bits per heavy atom. The Bertz CT molecular complexity index is 613. The largest absolute Gasteiger partial charge is 0.367 e. The van der Waals surface area contributed by atoms with Gasteiger partial charge in [-0.15, -0.1) is 0 Å². The molecule has 3 heterocycles. The molecule has 0 spiro atoms. The van der Waals surface area contributed by atoms with Gasteiger partial charge in [0.1, 0.15) is 17.8 Å². The first kappa shape index (κ1) is 16.2. The minimum absolute atomic E-state index is 0.106. The number of ether oxygens (including phenoxy) is 5. The number of rotatable bonds is 3. The van der Waals surface area contributed by atoms with Crippen LogP contribution in [-0.2, 0) is 30.3 Å². The van der Waals surface area contributed by atoms with Crippen molar-refractivity contribution in [1.29, 1.82) is 0 Å². The Kier molecular flexibility index (Phi) is 4.01. The van der Waals surface area contributed by atoms with Gasteiger partial charge in [0.05, 0.1) is 19.3 Å². The zero-order valence-corrected chi connectivity index (χ0v) is 14.3. The lowest BCUT2D eigenvalue weighted by atomic mass is 9.94. The molecule has 0 saturated carbocycles. The van der Waals surface area contributed by atoms with Crippen molar-refractivity contribution in [2.45, 2.75) is 63.4 Å².